The summed E-state index contributed by atoms with van der Waals surface area (Å²) in [5.41, 5.74) is 0.0883. The third kappa shape index (κ3) is 6.07. The van der Waals surface area contributed by atoms with Gasteiger partial charge in [-0.25, -0.2) is 4.98 Å². The molecule has 0 aliphatic carbocycles. The molecule has 0 aliphatic rings. The molecule has 122 valence electrons. The number of methoxy groups -OCH3 is 1. The Morgan fingerprint density at radius 3 is 2.96 bits per heavy atom. The summed E-state index contributed by atoms with van der Waals surface area (Å²) in [4.78, 5) is 29.7. The second-order valence-corrected chi connectivity index (χ2v) is 6.45. The Labute approximate surface area is 145 Å². The molecular formula is C15H15BrN2O4S. The minimum Gasteiger partial charge on any atom is -0.493 e. The number of H-pyrrole nitrogens is 1. The van der Waals surface area contributed by atoms with E-state index in [-0.39, 0.29) is 12.0 Å². The maximum absolute atomic E-state index is 11.6. The Bertz CT molecular complexity index is 735. The van der Waals surface area contributed by atoms with Crippen LogP contribution in [0.5, 0.6) is 5.75 Å². The molecule has 23 heavy (non-hydrogen) atoms. The second kappa shape index (κ2) is 8.73. The maximum Gasteiger partial charge on any atom is 0.311 e. The first-order valence-electron chi connectivity index (χ1n) is 6.75. The molecule has 1 heterocycles. The van der Waals surface area contributed by atoms with Gasteiger partial charge in [-0.2, -0.15) is 0 Å². The number of nitrogens with one attached hydrogen (secondary N) is 1. The van der Waals surface area contributed by atoms with E-state index in [1.807, 2.05) is 24.3 Å². The molecule has 0 saturated carbocycles. The summed E-state index contributed by atoms with van der Waals surface area (Å²) in [6, 6.07) is 8.85. The lowest BCUT2D eigenvalue weighted by Gasteiger charge is -2.06. The third-order valence-electron chi connectivity index (χ3n) is 2.71. The molecule has 0 unspecified atom stereocenters. The van der Waals surface area contributed by atoms with Gasteiger partial charge in [-0.3, -0.25) is 9.59 Å². The molecule has 0 radical (unpaired) electrons. The number of aromatic amines is 1. The van der Waals surface area contributed by atoms with Crippen LogP contribution in [0.3, 0.4) is 0 Å². The first kappa shape index (κ1) is 17.6. The van der Waals surface area contributed by atoms with Gasteiger partial charge in [0, 0.05) is 16.3 Å². The second-order valence-electron chi connectivity index (χ2n) is 4.45. The van der Waals surface area contributed by atoms with Gasteiger partial charge in [-0.15, -0.1) is 0 Å². The molecule has 2 rings (SSSR count). The van der Waals surface area contributed by atoms with Crippen LogP contribution >= 0.6 is 27.7 Å². The maximum atomic E-state index is 11.6. The number of aromatic nitrogens is 2. The molecule has 0 aliphatic heterocycles. The fourth-order valence-corrected chi connectivity index (χ4v) is 2.81. The molecule has 8 heteroatoms. The molecular weight excluding hydrogens is 384 g/mol. The fourth-order valence-electron chi connectivity index (χ4n) is 1.72. The number of carbonyl (C=O) groups excluding carboxylic acids is 1. The molecule has 6 nitrogen and oxygen atoms in total. The van der Waals surface area contributed by atoms with Crippen molar-refractivity contribution in [2.45, 2.75) is 11.6 Å². The van der Waals surface area contributed by atoms with Crippen LogP contribution in [0.1, 0.15) is 5.69 Å². The zero-order valence-electron chi connectivity index (χ0n) is 12.4. The van der Waals surface area contributed by atoms with Crippen molar-refractivity contribution < 1.29 is 14.3 Å². The number of hydrogen-bond acceptors (Lipinski definition) is 6. The van der Waals surface area contributed by atoms with Crippen LogP contribution in [0.4, 0.5) is 0 Å². The molecule has 1 aromatic carbocycles. The number of esters is 1. The molecule has 1 N–H and O–H groups in total. The van der Waals surface area contributed by atoms with Gasteiger partial charge in [0.05, 0.1) is 25.8 Å². The van der Waals surface area contributed by atoms with Crippen molar-refractivity contribution in [3.05, 3.63) is 50.9 Å². The average Bonchev–Trinajstić information content (AvgIpc) is 2.51. The van der Waals surface area contributed by atoms with E-state index in [9.17, 15) is 9.59 Å². The highest BCUT2D eigenvalue weighted by Gasteiger charge is 2.07. The van der Waals surface area contributed by atoms with Gasteiger partial charge in [0.1, 0.15) is 5.75 Å². The summed E-state index contributed by atoms with van der Waals surface area (Å²) in [7, 11) is 1.30. The Kier molecular flexibility index (Phi) is 6.66. The SMILES string of the molecule is COC(=O)Cc1cc(=O)[nH]c(SCCOc2cccc(Br)c2)n1. The highest BCUT2D eigenvalue weighted by atomic mass is 79.9. The highest BCUT2D eigenvalue weighted by Crippen LogP contribution is 2.18. The lowest BCUT2D eigenvalue weighted by Crippen LogP contribution is -2.14. The van der Waals surface area contributed by atoms with Crippen molar-refractivity contribution in [3.8, 4) is 5.75 Å². The van der Waals surface area contributed by atoms with Crippen molar-refractivity contribution in [1.29, 1.82) is 0 Å². The molecule has 0 bridgehead atoms. The van der Waals surface area contributed by atoms with Gasteiger partial charge in [0.2, 0.25) is 0 Å². The van der Waals surface area contributed by atoms with Crippen molar-refractivity contribution >= 4 is 33.7 Å². The van der Waals surface area contributed by atoms with Crippen LogP contribution in [0, 0.1) is 0 Å². The van der Waals surface area contributed by atoms with Gasteiger partial charge in [-0.1, -0.05) is 33.8 Å². The van der Waals surface area contributed by atoms with Crippen molar-refractivity contribution in [2.24, 2.45) is 0 Å². The summed E-state index contributed by atoms with van der Waals surface area (Å²) in [6.45, 7) is 0.464. The minimum absolute atomic E-state index is 0.0253. The van der Waals surface area contributed by atoms with E-state index in [1.165, 1.54) is 24.9 Å². The molecule has 2 aromatic rings. The topological polar surface area (TPSA) is 81.3 Å². The number of rotatable bonds is 7. The zero-order valence-corrected chi connectivity index (χ0v) is 14.8. The third-order valence-corrected chi connectivity index (χ3v) is 4.04. The van der Waals surface area contributed by atoms with Crippen molar-refractivity contribution in [1.82, 2.24) is 9.97 Å². The lowest BCUT2D eigenvalue weighted by atomic mass is 10.3. The first-order chi connectivity index (χ1) is 11.1. The Hall–Kier alpha value is -1.80. The summed E-state index contributed by atoms with van der Waals surface area (Å²) in [5.74, 6) is 0.940. The Morgan fingerprint density at radius 2 is 2.22 bits per heavy atom. The minimum atomic E-state index is -0.433. The normalized spacial score (nSPS) is 10.3. The van der Waals surface area contributed by atoms with Crippen molar-refractivity contribution in [3.63, 3.8) is 0 Å². The lowest BCUT2D eigenvalue weighted by molar-refractivity contribution is -0.139. The number of halogens is 1. The monoisotopic (exact) mass is 398 g/mol. The van der Waals surface area contributed by atoms with Gasteiger partial charge < -0.3 is 14.5 Å². The molecule has 0 atom stereocenters. The van der Waals surface area contributed by atoms with Gasteiger partial charge in [0.25, 0.3) is 5.56 Å². The number of hydrogen-bond donors (Lipinski definition) is 1. The van der Waals surface area contributed by atoms with Crippen LogP contribution in [0.25, 0.3) is 0 Å². The van der Waals surface area contributed by atoms with Crippen LogP contribution < -0.4 is 10.3 Å². The number of nitrogens with zero attached hydrogens (tertiary/aromatic N) is 1. The summed E-state index contributed by atoms with van der Waals surface area (Å²) in [5, 5.41) is 0.453. The van der Waals surface area contributed by atoms with E-state index in [0.29, 0.717) is 23.2 Å². The van der Waals surface area contributed by atoms with E-state index >= 15 is 0 Å². The Morgan fingerprint density at radius 1 is 1.39 bits per heavy atom. The summed E-state index contributed by atoms with van der Waals surface area (Å²) in [6.07, 6.45) is -0.0253. The molecule has 0 saturated heterocycles. The van der Waals surface area contributed by atoms with E-state index in [0.717, 1.165) is 10.2 Å². The van der Waals surface area contributed by atoms with E-state index in [1.54, 1.807) is 0 Å². The molecule has 0 amide bonds. The smallest absolute Gasteiger partial charge is 0.311 e. The number of benzene rings is 1. The fraction of sp³-hybridized carbons (Fsp3) is 0.267. The van der Waals surface area contributed by atoms with Crippen LogP contribution in [0.2, 0.25) is 0 Å². The first-order valence-corrected chi connectivity index (χ1v) is 8.53. The van der Waals surface area contributed by atoms with Gasteiger partial charge >= 0.3 is 5.97 Å². The Balaban J connectivity index is 1.87. The summed E-state index contributed by atoms with van der Waals surface area (Å²) < 4.78 is 11.1. The van der Waals surface area contributed by atoms with E-state index < -0.39 is 5.97 Å². The average molecular weight is 399 g/mol. The molecule has 0 fully saturated rings. The number of thioether (sulfide) groups is 1. The quantitative estimate of drug-likeness (QED) is 0.333. The van der Waals surface area contributed by atoms with E-state index in [2.05, 4.69) is 30.6 Å². The standard InChI is InChI=1S/C15H15BrN2O4S/c1-21-14(20)9-11-8-13(19)18-15(17-11)23-6-5-22-12-4-2-3-10(16)7-12/h2-4,7-8H,5-6,9H2,1H3,(H,17,18,19). The van der Waals surface area contributed by atoms with Crippen LogP contribution in [0.15, 0.2) is 44.8 Å². The van der Waals surface area contributed by atoms with Gasteiger partial charge in [0.15, 0.2) is 5.16 Å². The zero-order chi connectivity index (χ0) is 16.7. The van der Waals surface area contributed by atoms with E-state index in [4.69, 9.17) is 4.74 Å². The highest BCUT2D eigenvalue weighted by molar-refractivity contribution is 9.10. The predicted octanol–water partition coefficient (Wildman–Crippen LogP) is 2.42. The number of ether oxygens (including phenoxy) is 2. The largest absolute Gasteiger partial charge is 0.493 e. The number of carbonyl (C=O) groups is 1. The molecule has 0 spiro atoms. The molecule has 1 aromatic heterocycles. The van der Waals surface area contributed by atoms with Crippen LogP contribution in [-0.2, 0) is 16.0 Å². The van der Waals surface area contributed by atoms with Crippen molar-refractivity contribution in [2.75, 3.05) is 19.5 Å². The van der Waals surface area contributed by atoms with Gasteiger partial charge in [-0.05, 0) is 18.2 Å². The summed E-state index contributed by atoms with van der Waals surface area (Å²) >= 11 is 4.73. The predicted molar refractivity (Wildman–Crippen MR) is 90.9 cm³/mol. The van der Waals surface area contributed by atoms with Crippen LogP contribution in [-0.4, -0.2) is 35.4 Å².